The third-order valence-corrected chi connectivity index (χ3v) is 4.24. The van der Waals surface area contributed by atoms with Crippen LogP contribution in [0.15, 0.2) is 38.2 Å². The Kier molecular flexibility index (Phi) is 3.41. The molecule has 1 aromatic heterocycles. The van der Waals surface area contributed by atoms with Crippen LogP contribution in [0.25, 0.3) is 16.8 Å². The molecular formula is C16H17N7O2. The first-order valence-corrected chi connectivity index (χ1v) is 7.81. The van der Waals surface area contributed by atoms with Gasteiger partial charge in [-0.3, -0.25) is 4.79 Å². The lowest BCUT2D eigenvalue weighted by Gasteiger charge is -2.29. The van der Waals surface area contributed by atoms with Gasteiger partial charge >= 0.3 is 0 Å². The molecule has 0 amide bonds. The summed E-state index contributed by atoms with van der Waals surface area (Å²) in [6.07, 6.45) is 0.959. The molecule has 2 aliphatic rings. The molecule has 9 nitrogen and oxygen atoms in total. The number of carbonyl (C=O) groups is 1. The number of benzene rings is 1. The minimum Gasteiger partial charge on any atom is -0.424 e. The molecule has 1 aromatic carbocycles. The number of nitrogens with one attached hydrogen (secondary N) is 1. The van der Waals surface area contributed by atoms with Crippen LogP contribution in [0.3, 0.4) is 0 Å². The molecule has 9 heteroatoms. The van der Waals surface area contributed by atoms with E-state index < -0.39 is 0 Å². The Bertz CT molecular complexity index is 962. The first-order valence-electron chi connectivity index (χ1n) is 7.81. The minimum absolute atomic E-state index is 0.0535. The Morgan fingerprint density at radius 1 is 1.24 bits per heavy atom. The normalized spacial score (nSPS) is 20.1. The summed E-state index contributed by atoms with van der Waals surface area (Å²) >= 11 is 0. The molecule has 25 heavy (non-hydrogen) atoms. The molecular weight excluding hydrogens is 322 g/mol. The van der Waals surface area contributed by atoms with E-state index in [2.05, 4.69) is 20.3 Å². The van der Waals surface area contributed by atoms with Crippen molar-refractivity contribution >= 4 is 40.3 Å². The van der Waals surface area contributed by atoms with Crippen molar-refractivity contribution in [1.29, 1.82) is 0 Å². The molecule has 0 unspecified atom stereocenters. The standard InChI is InChI=1S/C16H17N7O2/c17-13(7-1-2-11-10(3-7)23-16(19)25-11)12-14(18)20-6-21-15(12)22-8-4-9(24)5-8/h1-3,8H,4-6,17H2,(H2,18,20)(H2,19,23)(H,21,22). The molecule has 0 atom stereocenters. The lowest BCUT2D eigenvalue weighted by atomic mass is 9.90. The van der Waals surface area contributed by atoms with Gasteiger partial charge in [-0.2, -0.15) is 4.98 Å². The Labute approximate surface area is 142 Å². The molecule has 7 N–H and O–H groups in total. The third-order valence-electron chi connectivity index (χ3n) is 4.24. The van der Waals surface area contributed by atoms with Gasteiger partial charge in [0, 0.05) is 24.4 Å². The molecule has 4 rings (SSSR count). The smallest absolute Gasteiger partial charge is 0.292 e. The van der Waals surface area contributed by atoms with Gasteiger partial charge in [-0.15, -0.1) is 0 Å². The van der Waals surface area contributed by atoms with Gasteiger partial charge in [0.2, 0.25) is 0 Å². The number of aromatic nitrogens is 1. The number of nitrogens with two attached hydrogens (primary N) is 3. The SMILES string of the molecule is NC1=NCN=C(NC2CC(=O)C2)C1=C(N)c1ccc2oc(N)nc2c1. The molecule has 0 bridgehead atoms. The molecule has 1 saturated carbocycles. The summed E-state index contributed by atoms with van der Waals surface area (Å²) < 4.78 is 5.27. The highest BCUT2D eigenvalue weighted by Gasteiger charge is 2.30. The van der Waals surface area contributed by atoms with Gasteiger partial charge < -0.3 is 26.9 Å². The largest absolute Gasteiger partial charge is 0.424 e. The zero-order valence-corrected chi connectivity index (χ0v) is 13.3. The Balaban J connectivity index is 1.72. The number of nitrogens with zero attached hydrogens (tertiary/aromatic N) is 3. The van der Waals surface area contributed by atoms with Crippen molar-refractivity contribution in [2.24, 2.45) is 21.5 Å². The number of hydrogen-bond acceptors (Lipinski definition) is 9. The molecule has 2 aromatic rings. The summed E-state index contributed by atoms with van der Waals surface area (Å²) in [5.74, 6) is 1.09. The zero-order valence-electron chi connectivity index (χ0n) is 13.3. The highest BCUT2D eigenvalue weighted by atomic mass is 16.4. The van der Waals surface area contributed by atoms with Gasteiger partial charge in [-0.25, -0.2) is 9.98 Å². The third kappa shape index (κ3) is 2.69. The molecule has 1 aliphatic carbocycles. The number of rotatable bonds is 2. The summed E-state index contributed by atoms with van der Waals surface area (Å²) in [7, 11) is 0. The van der Waals surface area contributed by atoms with E-state index in [9.17, 15) is 4.79 Å². The summed E-state index contributed by atoms with van der Waals surface area (Å²) in [6, 6.07) is 5.45. The fourth-order valence-electron chi connectivity index (χ4n) is 2.89. The van der Waals surface area contributed by atoms with Crippen molar-refractivity contribution in [3.05, 3.63) is 29.3 Å². The minimum atomic E-state index is 0.0535. The molecule has 1 fully saturated rings. The Morgan fingerprint density at radius 2 is 2.04 bits per heavy atom. The number of fused-ring (bicyclic) bond motifs is 1. The summed E-state index contributed by atoms with van der Waals surface area (Å²) in [4.78, 5) is 23.8. The monoisotopic (exact) mass is 339 g/mol. The van der Waals surface area contributed by atoms with Gasteiger partial charge in [0.1, 0.15) is 29.6 Å². The van der Waals surface area contributed by atoms with Crippen LogP contribution in [0.5, 0.6) is 0 Å². The Morgan fingerprint density at radius 3 is 2.80 bits per heavy atom. The number of anilines is 1. The number of amidine groups is 2. The fourth-order valence-corrected chi connectivity index (χ4v) is 2.89. The van der Waals surface area contributed by atoms with Crippen LogP contribution in [0.1, 0.15) is 18.4 Å². The van der Waals surface area contributed by atoms with Gasteiger partial charge in [0.15, 0.2) is 5.58 Å². The maximum atomic E-state index is 11.2. The Hall–Kier alpha value is -3.36. The topological polar surface area (TPSA) is 158 Å². The van der Waals surface area contributed by atoms with Crippen LogP contribution in [0.4, 0.5) is 6.01 Å². The van der Waals surface area contributed by atoms with Gasteiger partial charge in [0.05, 0.1) is 11.3 Å². The van der Waals surface area contributed by atoms with E-state index in [1.165, 1.54) is 0 Å². The molecule has 2 heterocycles. The van der Waals surface area contributed by atoms with E-state index in [0.717, 1.165) is 0 Å². The van der Waals surface area contributed by atoms with E-state index in [-0.39, 0.29) is 24.5 Å². The second-order valence-corrected chi connectivity index (χ2v) is 6.00. The maximum absolute atomic E-state index is 11.2. The van der Waals surface area contributed by atoms with Crippen molar-refractivity contribution in [2.45, 2.75) is 18.9 Å². The summed E-state index contributed by atoms with van der Waals surface area (Å²) in [5.41, 5.74) is 20.8. The number of ketones is 1. The average Bonchev–Trinajstić information content (AvgIpc) is 2.92. The zero-order chi connectivity index (χ0) is 17.6. The van der Waals surface area contributed by atoms with E-state index in [0.29, 0.717) is 52.4 Å². The average molecular weight is 339 g/mol. The van der Waals surface area contributed by atoms with Gasteiger partial charge in [-0.1, -0.05) is 0 Å². The van der Waals surface area contributed by atoms with Gasteiger partial charge in [0.25, 0.3) is 6.01 Å². The number of nitrogen functional groups attached to an aromatic ring is 1. The quantitative estimate of drug-likeness (QED) is 0.605. The maximum Gasteiger partial charge on any atom is 0.292 e. The molecule has 0 saturated heterocycles. The fraction of sp³-hybridized carbons (Fsp3) is 0.250. The van der Waals surface area contributed by atoms with Crippen molar-refractivity contribution in [1.82, 2.24) is 10.3 Å². The number of oxazole rings is 1. The predicted molar refractivity (Wildman–Crippen MR) is 94.6 cm³/mol. The van der Waals surface area contributed by atoms with E-state index in [1.54, 1.807) is 18.2 Å². The van der Waals surface area contributed by atoms with Crippen LogP contribution in [-0.4, -0.2) is 35.1 Å². The predicted octanol–water partition coefficient (Wildman–Crippen LogP) is 0.128. The second-order valence-electron chi connectivity index (χ2n) is 6.00. The van der Waals surface area contributed by atoms with Crippen LogP contribution < -0.4 is 22.5 Å². The van der Waals surface area contributed by atoms with Crippen molar-refractivity contribution in [3.63, 3.8) is 0 Å². The highest BCUT2D eigenvalue weighted by Crippen LogP contribution is 2.24. The molecule has 0 radical (unpaired) electrons. The van der Waals surface area contributed by atoms with E-state index >= 15 is 0 Å². The first kappa shape index (κ1) is 15.2. The van der Waals surface area contributed by atoms with E-state index in [1.807, 2.05) is 0 Å². The highest BCUT2D eigenvalue weighted by molar-refractivity contribution is 6.27. The summed E-state index contributed by atoms with van der Waals surface area (Å²) in [5, 5.41) is 3.23. The number of Topliss-reactive ketones (excluding diaryl/α,β-unsaturated/α-hetero) is 1. The van der Waals surface area contributed by atoms with Crippen LogP contribution >= 0.6 is 0 Å². The van der Waals surface area contributed by atoms with Crippen LogP contribution in [0, 0.1) is 0 Å². The number of carbonyl (C=O) groups excluding carboxylic acids is 1. The second kappa shape index (κ2) is 5.62. The lowest BCUT2D eigenvalue weighted by Crippen LogP contribution is -2.47. The van der Waals surface area contributed by atoms with Crippen molar-refractivity contribution < 1.29 is 9.21 Å². The van der Waals surface area contributed by atoms with Gasteiger partial charge in [-0.05, 0) is 18.2 Å². The lowest BCUT2D eigenvalue weighted by molar-refractivity contribution is -0.124. The van der Waals surface area contributed by atoms with Crippen LogP contribution in [0.2, 0.25) is 0 Å². The number of aliphatic imine (C=N–C) groups is 2. The molecule has 128 valence electrons. The van der Waals surface area contributed by atoms with Crippen molar-refractivity contribution in [2.75, 3.05) is 12.4 Å². The van der Waals surface area contributed by atoms with Crippen molar-refractivity contribution in [3.8, 4) is 0 Å². The molecule has 0 spiro atoms. The van der Waals surface area contributed by atoms with Crippen LogP contribution in [-0.2, 0) is 4.79 Å². The number of hydrogen-bond donors (Lipinski definition) is 4. The molecule has 1 aliphatic heterocycles. The van der Waals surface area contributed by atoms with E-state index in [4.69, 9.17) is 21.6 Å². The summed E-state index contributed by atoms with van der Waals surface area (Å²) in [6.45, 7) is 0.227. The first-order chi connectivity index (χ1) is 12.0.